The lowest BCUT2D eigenvalue weighted by atomic mass is 9.96. The molecular formula is C123H77N9S3. The van der Waals surface area contributed by atoms with Crippen molar-refractivity contribution in [1.29, 1.82) is 0 Å². The first-order valence-corrected chi connectivity index (χ1v) is 47.5. The van der Waals surface area contributed by atoms with Crippen molar-refractivity contribution in [2.45, 2.75) is 0 Å². The summed E-state index contributed by atoms with van der Waals surface area (Å²) in [6.07, 6.45) is 0. The smallest absolute Gasteiger partial charge is 0.161 e. The first-order valence-electron chi connectivity index (χ1n) is 45.0. The van der Waals surface area contributed by atoms with E-state index in [1.807, 2.05) is 127 Å². The van der Waals surface area contributed by atoms with Gasteiger partial charge in [0.1, 0.15) is 15.0 Å². The van der Waals surface area contributed by atoms with Crippen LogP contribution in [0.15, 0.2) is 467 Å². The zero-order valence-corrected chi connectivity index (χ0v) is 75.2. The van der Waals surface area contributed by atoms with Crippen molar-refractivity contribution >= 4 is 129 Å². The van der Waals surface area contributed by atoms with Gasteiger partial charge in [0.15, 0.2) is 17.5 Å². The number of fused-ring (bicyclic) bond motifs is 15. The largest absolute Gasteiger partial charge is 0.235 e. The number of aromatic nitrogens is 9. The van der Waals surface area contributed by atoms with Gasteiger partial charge in [-0.3, -0.25) is 0 Å². The number of hydrogen-bond donors (Lipinski definition) is 0. The van der Waals surface area contributed by atoms with Gasteiger partial charge >= 0.3 is 0 Å². The maximum atomic E-state index is 5.17. The van der Waals surface area contributed by atoms with Gasteiger partial charge in [-0.15, -0.1) is 34.0 Å². The Morgan fingerprint density at radius 3 is 0.778 bits per heavy atom. The minimum atomic E-state index is 0.710. The number of rotatable bonds is 14. The van der Waals surface area contributed by atoms with Crippen LogP contribution in [0.3, 0.4) is 0 Å². The fourth-order valence-electron chi connectivity index (χ4n) is 18.2. The van der Waals surface area contributed by atoms with Gasteiger partial charge in [-0.1, -0.05) is 419 Å². The Kier molecular flexibility index (Phi) is 21.4. The van der Waals surface area contributed by atoms with Crippen LogP contribution in [-0.2, 0) is 0 Å². The molecule has 12 heteroatoms. The van der Waals surface area contributed by atoms with E-state index < -0.39 is 0 Å². The minimum Gasteiger partial charge on any atom is -0.235 e. The monoisotopic (exact) mass is 1780 g/mol. The van der Waals surface area contributed by atoms with E-state index in [4.69, 9.17) is 44.9 Å². The highest BCUT2D eigenvalue weighted by Gasteiger charge is 2.22. The molecule has 0 aliphatic carbocycles. The lowest BCUT2D eigenvalue weighted by Gasteiger charge is -2.12. The van der Waals surface area contributed by atoms with Crippen LogP contribution >= 0.6 is 34.0 Å². The standard InChI is InChI=1S/2C43H27N3S.C37H23N3S/c1-4-10-30(11-5-1)37-27-38(31-12-6-2-7-13-31)45-42(44-37)33-21-16-28(17-22-33)35-23-19-29-18-20-32-24-25-39-41(40(32)36(29)26-35)46-43(47-39)34-14-8-3-9-15-34;1-4-10-29(11-5-1)37-27-38(30-12-6-2-7-13-30)45-42(44-37)32-19-16-28(17-20-32)34-22-24-36-35(26-34)21-18-31-23-25-39-41(40(31)36)46-43(47-39)33-14-8-3-9-15-33;1-4-11-24(12-5-1)31-23-32(25-13-6-2-7-14-25)39-36(38-31)30-18-10-17-29-28(30)21-19-26-20-22-33-35(34(26)29)40-37(41-33)27-15-8-3-9-16-27/h2*1-27H;1-23H. The molecule has 20 aromatic carbocycles. The van der Waals surface area contributed by atoms with Gasteiger partial charge < -0.3 is 0 Å². The van der Waals surface area contributed by atoms with Crippen molar-refractivity contribution < 1.29 is 0 Å². The average molecular weight is 1780 g/mol. The van der Waals surface area contributed by atoms with Crippen molar-refractivity contribution in [3.63, 3.8) is 0 Å². The lowest BCUT2D eigenvalue weighted by molar-refractivity contribution is 1.18. The summed E-state index contributed by atoms with van der Waals surface area (Å²) in [5.41, 5.74) is 26.1. The molecule has 0 atom stereocenters. The zero-order chi connectivity index (χ0) is 89.5. The number of hydrogen-bond acceptors (Lipinski definition) is 12. The summed E-state index contributed by atoms with van der Waals surface area (Å²) < 4.78 is 3.59. The SMILES string of the molecule is c1ccc(-c2cc(-c3ccccc3)nc(-c3ccc(-c4ccc5c(ccc6ccc7sc(-c8ccccc8)nc7c65)c4)cc3)n2)cc1.c1ccc(-c2cc(-c3ccccc3)nc(-c3ccc(-c4ccc5ccc6ccc7sc(-c8ccccc8)nc7c6c5c4)cc3)n2)cc1.c1ccc(-c2cc(-c3ccccc3)nc(-c3cccc4c3ccc3ccc5sc(-c6ccccc6)nc5c34)n2)cc1. The van der Waals surface area contributed by atoms with E-state index in [2.05, 4.69) is 340 Å². The molecule has 9 nitrogen and oxygen atoms in total. The Bertz CT molecular complexity index is 8750. The predicted octanol–water partition coefficient (Wildman–Crippen LogP) is 33.5. The van der Waals surface area contributed by atoms with Crippen LogP contribution in [0.5, 0.6) is 0 Å². The normalized spacial score (nSPS) is 11.4. The minimum absolute atomic E-state index is 0.710. The fraction of sp³-hybridized carbons (Fsp3) is 0. The van der Waals surface area contributed by atoms with E-state index in [1.165, 1.54) is 73.5 Å². The Morgan fingerprint density at radius 2 is 0.407 bits per heavy atom. The van der Waals surface area contributed by atoms with Gasteiger partial charge in [0.25, 0.3) is 0 Å². The zero-order valence-electron chi connectivity index (χ0n) is 72.7. The molecule has 6 aromatic heterocycles. The van der Waals surface area contributed by atoms with Crippen LogP contribution in [-0.4, -0.2) is 44.9 Å². The maximum Gasteiger partial charge on any atom is 0.161 e. The summed E-state index contributed by atoms with van der Waals surface area (Å²) in [6, 6.07) is 163. The van der Waals surface area contributed by atoms with Gasteiger partial charge in [-0.25, -0.2) is 44.9 Å². The highest BCUT2D eigenvalue weighted by molar-refractivity contribution is 7.22. The number of nitrogens with zero attached hydrogens (tertiary/aromatic N) is 9. The van der Waals surface area contributed by atoms with Gasteiger partial charge in [-0.05, 0) is 119 Å². The maximum absolute atomic E-state index is 5.17. The summed E-state index contributed by atoms with van der Waals surface area (Å²) >= 11 is 5.24. The lowest BCUT2D eigenvalue weighted by Crippen LogP contribution is -1.96. The first-order chi connectivity index (χ1) is 66.8. The Balaban J connectivity index is 0.000000111. The molecule has 0 amide bonds. The quantitative estimate of drug-likeness (QED) is 0.0981. The van der Waals surface area contributed by atoms with E-state index in [9.17, 15) is 0 Å². The summed E-state index contributed by atoms with van der Waals surface area (Å²) in [5.74, 6) is 2.14. The Hall–Kier alpha value is -17.1. The molecule has 0 radical (unpaired) electrons. The summed E-state index contributed by atoms with van der Waals surface area (Å²) in [7, 11) is 0. The molecule has 6 heterocycles. The topological polar surface area (TPSA) is 116 Å². The van der Waals surface area contributed by atoms with Crippen molar-refractivity contribution in [3.8, 4) is 156 Å². The van der Waals surface area contributed by atoms with Crippen molar-refractivity contribution in [3.05, 3.63) is 467 Å². The van der Waals surface area contributed by atoms with Gasteiger partial charge in [0.2, 0.25) is 0 Å². The third-order valence-electron chi connectivity index (χ3n) is 25.0. The van der Waals surface area contributed by atoms with Crippen LogP contribution in [0.1, 0.15) is 0 Å². The third kappa shape index (κ3) is 16.2. The van der Waals surface area contributed by atoms with Crippen molar-refractivity contribution in [1.82, 2.24) is 44.9 Å². The van der Waals surface area contributed by atoms with E-state index in [1.54, 1.807) is 34.0 Å². The Morgan fingerprint density at radius 1 is 0.141 bits per heavy atom. The van der Waals surface area contributed by atoms with Crippen LogP contribution < -0.4 is 0 Å². The molecule has 0 bridgehead atoms. The molecule has 0 unspecified atom stereocenters. The first kappa shape index (κ1) is 81.1. The van der Waals surface area contributed by atoms with E-state index in [0.29, 0.717) is 17.5 Å². The van der Waals surface area contributed by atoms with E-state index in [0.717, 1.165) is 160 Å². The van der Waals surface area contributed by atoms with Crippen molar-refractivity contribution in [2.75, 3.05) is 0 Å². The van der Waals surface area contributed by atoms with Gasteiger partial charge in [0.05, 0.1) is 64.8 Å². The van der Waals surface area contributed by atoms with Crippen LogP contribution in [0.25, 0.3) is 251 Å². The van der Waals surface area contributed by atoms with Gasteiger partial charge in [0, 0.05) is 82.9 Å². The van der Waals surface area contributed by atoms with E-state index >= 15 is 0 Å². The van der Waals surface area contributed by atoms with Crippen LogP contribution in [0.2, 0.25) is 0 Å². The predicted molar refractivity (Wildman–Crippen MR) is 567 cm³/mol. The van der Waals surface area contributed by atoms with Crippen LogP contribution in [0, 0.1) is 0 Å². The average Bonchev–Trinajstić information content (AvgIpc) is 1.69. The molecule has 135 heavy (non-hydrogen) atoms. The second kappa shape index (κ2) is 35.6. The molecule has 0 spiro atoms. The molecule has 0 saturated carbocycles. The second-order valence-corrected chi connectivity index (χ2v) is 36.5. The highest BCUT2D eigenvalue weighted by atomic mass is 32.1. The molecule has 26 rings (SSSR count). The molecule has 0 N–H and O–H groups in total. The second-order valence-electron chi connectivity index (χ2n) is 33.4. The third-order valence-corrected chi connectivity index (χ3v) is 28.2. The summed E-state index contributed by atoms with van der Waals surface area (Å²) in [4.78, 5) is 45.7. The number of benzene rings is 20. The molecule has 26 aromatic rings. The highest BCUT2D eigenvalue weighted by Crippen LogP contribution is 2.45. The molecule has 0 fully saturated rings. The Labute approximate surface area is 790 Å². The summed E-state index contributed by atoms with van der Waals surface area (Å²) in [6.45, 7) is 0. The molecule has 0 aliphatic heterocycles. The molecule has 0 aliphatic rings. The van der Waals surface area contributed by atoms with E-state index in [-0.39, 0.29) is 0 Å². The fourth-order valence-corrected chi connectivity index (χ4v) is 21.1. The summed E-state index contributed by atoms with van der Waals surface area (Å²) in [5, 5.41) is 17.4. The molecular weight excluding hydrogens is 1700 g/mol. The number of thiazole rings is 3. The van der Waals surface area contributed by atoms with Crippen molar-refractivity contribution in [2.24, 2.45) is 0 Å². The van der Waals surface area contributed by atoms with Gasteiger partial charge in [-0.2, -0.15) is 0 Å². The van der Waals surface area contributed by atoms with Crippen LogP contribution in [0.4, 0.5) is 0 Å². The molecule has 0 saturated heterocycles. The molecule has 632 valence electrons.